The van der Waals surface area contributed by atoms with Gasteiger partial charge in [0, 0.05) is 18.2 Å². The Hall–Kier alpha value is -4.11. The first kappa shape index (κ1) is 21.6. The maximum absolute atomic E-state index is 12.3. The van der Waals surface area contributed by atoms with E-state index >= 15 is 0 Å². The average molecular weight is 414 g/mol. The highest BCUT2D eigenvalue weighted by Crippen LogP contribution is 2.27. The van der Waals surface area contributed by atoms with Gasteiger partial charge in [-0.2, -0.15) is 5.26 Å². The minimum absolute atomic E-state index is 0.0587. The number of aromatic carboxylic acids is 1. The Kier molecular flexibility index (Phi) is 7.02. The number of hydrogen-bond acceptors (Lipinski definition) is 4. The van der Waals surface area contributed by atoms with Gasteiger partial charge in [0.2, 0.25) is 0 Å². The number of nitrogens with zero attached hydrogens (tertiary/aromatic N) is 1. The fourth-order valence-electron chi connectivity index (χ4n) is 3.12. The van der Waals surface area contributed by atoms with E-state index < -0.39 is 11.9 Å². The van der Waals surface area contributed by atoms with Gasteiger partial charge >= 0.3 is 5.97 Å². The van der Waals surface area contributed by atoms with Crippen molar-refractivity contribution in [1.82, 2.24) is 5.32 Å². The predicted octanol–water partition coefficient (Wildman–Crippen LogP) is 4.61. The number of amides is 1. The number of furan rings is 1. The number of benzene rings is 2. The molecule has 0 spiro atoms. The molecule has 1 heterocycles. The largest absolute Gasteiger partial charge is 0.478 e. The zero-order valence-electron chi connectivity index (χ0n) is 17.1. The minimum Gasteiger partial charge on any atom is -0.478 e. The van der Waals surface area contributed by atoms with Crippen LogP contribution in [-0.2, 0) is 11.2 Å². The van der Waals surface area contributed by atoms with E-state index in [2.05, 4.69) is 5.32 Å². The second kappa shape index (κ2) is 10.1. The minimum atomic E-state index is -1.02. The maximum atomic E-state index is 12.3. The Morgan fingerprint density at radius 3 is 2.61 bits per heavy atom. The second-order valence-corrected chi connectivity index (χ2v) is 7.05. The number of aryl methyl sites for hydroxylation is 2. The second-order valence-electron chi connectivity index (χ2n) is 7.05. The Bertz CT molecular complexity index is 1150. The van der Waals surface area contributed by atoms with Gasteiger partial charge in [-0.1, -0.05) is 36.4 Å². The van der Waals surface area contributed by atoms with Crippen molar-refractivity contribution in [3.63, 3.8) is 0 Å². The van der Waals surface area contributed by atoms with Crippen molar-refractivity contribution in [2.45, 2.75) is 19.8 Å². The third kappa shape index (κ3) is 5.71. The van der Waals surface area contributed by atoms with Crippen LogP contribution < -0.4 is 5.32 Å². The van der Waals surface area contributed by atoms with Gasteiger partial charge in [-0.3, -0.25) is 4.79 Å². The third-order valence-corrected chi connectivity index (χ3v) is 4.80. The Labute approximate surface area is 180 Å². The van der Waals surface area contributed by atoms with Crippen LogP contribution in [-0.4, -0.2) is 23.5 Å². The van der Waals surface area contributed by atoms with E-state index in [0.29, 0.717) is 23.6 Å². The molecule has 6 nitrogen and oxygen atoms in total. The zero-order valence-corrected chi connectivity index (χ0v) is 17.1. The molecule has 0 aliphatic rings. The number of carboxylic acid groups (broad SMARTS) is 1. The maximum Gasteiger partial charge on any atom is 0.335 e. The van der Waals surface area contributed by atoms with Crippen LogP contribution in [0.4, 0.5) is 0 Å². The van der Waals surface area contributed by atoms with E-state index in [-0.39, 0.29) is 11.1 Å². The van der Waals surface area contributed by atoms with Gasteiger partial charge < -0.3 is 14.8 Å². The lowest BCUT2D eigenvalue weighted by Crippen LogP contribution is -2.25. The van der Waals surface area contributed by atoms with Crippen molar-refractivity contribution in [2.75, 3.05) is 6.54 Å². The van der Waals surface area contributed by atoms with E-state index in [1.807, 2.05) is 43.3 Å². The summed E-state index contributed by atoms with van der Waals surface area (Å²) in [6, 6.07) is 20.0. The number of carboxylic acids is 1. The zero-order chi connectivity index (χ0) is 22.2. The van der Waals surface area contributed by atoms with Crippen molar-refractivity contribution in [3.05, 3.63) is 88.7 Å². The van der Waals surface area contributed by atoms with E-state index in [1.54, 1.807) is 18.2 Å². The molecule has 0 aliphatic carbocycles. The van der Waals surface area contributed by atoms with Crippen LogP contribution in [0.5, 0.6) is 0 Å². The quantitative estimate of drug-likeness (QED) is 0.318. The molecule has 3 aromatic rings. The average Bonchev–Trinajstić information content (AvgIpc) is 3.24. The highest BCUT2D eigenvalue weighted by Gasteiger charge is 2.13. The number of carbonyl (C=O) groups excluding carboxylic acids is 1. The fourth-order valence-corrected chi connectivity index (χ4v) is 3.12. The predicted molar refractivity (Wildman–Crippen MR) is 117 cm³/mol. The summed E-state index contributed by atoms with van der Waals surface area (Å²) in [6.07, 6.45) is 2.98. The molecular weight excluding hydrogens is 392 g/mol. The van der Waals surface area contributed by atoms with Gasteiger partial charge in [0.1, 0.15) is 23.2 Å². The van der Waals surface area contributed by atoms with Gasteiger partial charge in [-0.15, -0.1) is 0 Å². The molecule has 6 heteroatoms. The molecule has 1 aromatic heterocycles. The summed E-state index contributed by atoms with van der Waals surface area (Å²) in [5.41, 5.74) is 2.78. The van der Waals surface area contributed by atoms with Crippen LogP contribution in [0.15, 0.2) is 70.7 Å². The molecule has 0 aliphatic heterocycles. The van der Waals surface area contributed by atoms with Gasteiger partial charge in [-0.25, -0.2) is 4.79 Å². The molecule has 1 amide bonds. The molecule has 3 rings (SSSR count). The topological polar surface area (TPSA) is 103 Å². The van der Waals surface area contributed by atoms with Crippen LogP contribution in [0.3, 0.4) is 0 Å². The van der Waals surface area contributed by atoms with Crippen LogP contribution in [0.2, 0.25) is 0 Å². The van der Waals surface area contributed by atoms with Gasteiger partial charge in [0.05, 0.1) is 5.56 Å². The molecule has 156 valence electrons. The summed E-state index contributed by atoms with van der Waals surface area (Å²) < 4.78 is 5.75. The summed E-state index contributed by atoms with van der Waals surface area (Å²) in [4.78, 5) is 23.6. The first-order chi connectivity index (χ1) is 15.0. The lowest BCUT2D eigenvalue weighted by Gasteiger charge is -2.05. The number of carbonyl (C=O) groups is 2. The first-order valence-electron chi connectivity index (χ1n) is 9.86. The van der Waals surface area contributed by atoms with Crippen molar-refractivity contribution < 1.29 is 19.1 Å². The van der Waals surface area contributed by atoms with Crippen LogP contribution >= 0.6 is 0 Å². The Balaban J connectivity index is 1.66. The van der Waals surface area contributed by atoms with E-state index in [0.717, 1.165) is 18.4 Å². The molecule has 0 bridgehead atoms. The normalized spacial score (nSPS) is 11.0. The highest BCUT2D eigenvalue weighted by molar-refractivity contribution is 6.01. The van der Waals surface area contributed by atoms with E-state index in [1.165, 1.54) is 23.8 Å². The van der Waals surface area contributed by atoms with Crippen LogP contribution in [0.1, 0.15) is 33.7 Å². The van der Waals surface area contributed by atoms with Crippen molar-refractivity contribution in [3.8, 4) is 17.4 Å². The van der Waals surface area contributed by atoms with E-state index in [4.69, 9.17) is 4.42 Å². The monoisotopic (exact) mass is 414 g/mol. The third-order valence-electron chi connectivity index (χ3n) is 4.80. The summed E-state index contributed by atoms with van der Waals surface area (Å²) >= 11 is 0. The fraction of sp³-hybridized carbons (Fsp3) is 0.160. The SMILES string of the molecule is Cc1ccc(C(=O)O)cc1-c1ccc(/C=C(/C#N)C(=O)NCCCc2ccccc2)o1. The lowest BCUT2D eigenvalue weighted by molar-refractivity contribution is -0.117. The molecule has 0 fully saturated rings. The van der Waals surface area contributed by atoms with Crippen molar-refractivity contribution in [1.29, 1.82) is 5.26 Å². The summed E-state index contributed by atoms with van der Waals surface area (Å²) in [6.45, 7) is 2.31. The number of nitriles is 1. The summed E-state index contributed by atoms with van der Waals surface area (Å²) in [5, 5.41) is 21.3. The van der Waals surface area contributed by atoms with Crippen molar-refractivity contribution in [2.24, 2.45) is 0 Å². The highest BCUT2D eigenvalue weighted by atomic mass is 16.4. The molecule has 0 atom stereocenters. The van der Waals surface area contributed by atoms with Gasteiger partial charge in [0.25, 0.3) is 5.91 Å². The number of hydrogen-bond donors (Lipinski definition) is 2. The standard InChI is InChI=1S/C25H22N2O4/c1-17-9-10-19(25(29)30)15-22(17)23-12-11-21(31-23)14-20(16-26)24(28)27-13-5-8-18-6-3-2-4-7-18/h2-4,6-7,9-12,14-15H,5,8,13H2,1H3,(H,27,28)(H,29,30)/b20-14-. The number of nitrogens with one attached hydrogen (secondary N) is 1. The molecule has 2 aromatic carbocycles. The van der Waals surface area contributed by atoms with Gasteiger partial charge in [-0.05, 0) is 55.2 Å². The Morgan fingerprint density at radius 2 is 1.90 bits per heavy atom. The van der Waals surface area contributed by atoms with E-state index in [9.17, 15) is 20.0 Å². The lowest BCUT2D eigenvalue weighted by atomic mass is 10.0. The first-order valence-corrected chi connectivity index (χ1v) is 9.86. The molecular formula is C25H22N2O4. The van der Waals surface area contributed by atoms with Gasteiger partial charge in [0.15, 0.2) is 0 Å². The summed E-state index contributed by atoms with van der Waals surface area (Å²) in [5.74, 6) is -0.681. The molecule has 0 radical (unpaired) electrons. The molecule has 2 N–H and O–H groups in total. The molecule has 31 heavy (non-hydrogen) atoms. The summed E-state index contributed by atoms with van der Waals surface area (Å²) in [7, 11) is 0. The van der Waals surface area contributed by atoms with Crippen LogP contribution in [0, 0.1) is 18.3 Å². The Morgan fingerprint density at radius 1 is 1.13 bits per heavy atom. The number of rotatable bonds is 8. The molecule has 0 saturated carbocycles. The smallest absolute Gasteiger partial charge is 0.335 e. The molecule has 0 unspecified atom stereocenters. The van der Waals surface area contributed by atoms with Crippen LogP contribution in [0.25, 0.3) is 17.4 Å². The van der Waals surface area contributed by atoms with Crippen molar-refractivity contribution >= 4 is 18.0 Å². The molecule has 0 saturated heterocycles.